The van der Waals surface area contributed by atoms with Gasteiger partial charge in [0.25, 0.3) is 0 Å². The third kappa shape index (κ3) is 3.80. The van der Waals surface area contributed by atoms with Crippen molar-refractivity contribution in [3.63, 3.8) is 0 Å². The first kappa shape index (κ1) is 15.9. The second-order valence-corrected chi connectivity index (χ2v) is 5.93. The minimum atomic E-state index is 0.0544. The second kappa shape index (κ2) is 7.00. The standard InChI is InChI=1S/C16H19BrN2O2/c1-11-4-5-13(8-12(11)2)9-15(20)16-14(17)10-18-19(16)6-7-21-3/h4-5,8,10H,6-7,9H2,1-3H3. The van der Waals surface area contributed by atoms with Crippen LogP contribution in [0.2, 0.25) is 0 Å². The van der Waals surface area contributed by atoms with Crippen molar-refractivity contribution in [2.24, 2.45) is 0 Å². The predicted octanol–water partition coefficient (Wildman–Crippen LogP) is 3.33. The number of aromatic nitrogens is 2. The van der Waals surface area contributed by atoms with Crippen molar-refractivity contribution in [3.05, 3.63) is 51.3 Å². The Bertz CT molecular complexity index is 650. The molecule has 1 aromatic carbocycles. The van der Waals surface area contributed by atoms with Crippen LogP contribution in [0.15, 0.2) is 28.9 Å². The Kier molecular flexibility index (Phi) is 5.31. The topological polar surface area (TPSA) is 44.1 Å². The monoisotopic (exact) mass is 350 g/mol. The predicted molar refractivity (Wildman–Crippen MR) is 85.8 cm³/mol. The van der Waals surface area contributed by atoms with Gasteiger partial charge in [-0.3, -0.25) is 9.48 Å². The van der Waals surface area contributed by atoms with E-state index in [1.807, 2.05) is 6.07 Å². The quantitative estimate of drug-likeness (QED) is 0.750. The van der Waals surface area contributed by atoms with E-state index in [1.54, 1.807) is 18.0 Å². The van der Waals surface area contributed by atoms with E-state index >= 15 is 0 Å². The minimum absolute atomic E-state index is 0.0544. The van der Waals surface area contributed by atoms with E-state index in [0.29, 0.717) is 25.3 Å². The Morgan fingerprint density at radius 2 is 2.10 bits per heavy atom. The number of methoxy groups -OCH3 is 1. The first-order valence-corrected chi connectivity index (χ1v) is 7.61. The second-order valence-electron chi connectivity index (χ2n) is 5.08. The molecule has 112 valence electrons. The zero-order chi connectivity index (χ0) is 15.4. The van der Waals surface area contributed by atoms with Crippen molar-refractivity contribution in [3.8, 4) is 0 Å². The van der Waals surface area contributed by atoms with E-state index < -0.39 is 0 Å². The van der Waals surface area contributed by atoms with Crippen LogP contribution in [0.4, 0.5) is 0 Å². The molecule has 0 N–H and O–H groups in total. The summed E-state index contributed by atoms with van der Waals surface area (Å²) < 4.78 is 7.47. The molecule has 0 saturated carbocycles. The van der Waals surface area contributed by atoms with Crippen LogP contribution < -0.4 is 0 Å². The summed E-state index contributed by atoms with van der Waals surface area (Å²) in [7, 11) is 1.63. The highest BCUT2D eigenvalue weighted by Crippen LogP contribution is 2.19. The average Bonchev–Trinajstić information content (AvgIpc) is 2.81. The first-order chi connectivity index (χ1) is 10.0. The normalized spacial score (nSPS) is 10.9. The van der Waals surface area contributed by atoms with Gasteiger partial charge in [-0.1, -0.05) is 18.2 Å². The van der Waals surface area contributed by atoms with Crippen molar-refractivity contribution in [1.29, 1.82) is 0 Å². The fraction of sp³-hybridized carbons (Fsp3) is 0.375. The lowest BCUT2D eigenvalue weighted by Gasteiger charge is -2.08. The molecule has 2 rings (SSSR count). The van der Waals surface area contributed by atoms with E-state index in [-0.39, 0.29) is 5.78 Å². The minimum Gasteiger partial charge on any atom is -0.383 e. The Hall–Kier alpha value is -1.46. The number of rotatable bonds is 6. The molecule has 0 spiro atoms. The molecule has 0 saturated heterocycles. The Labute approximate surface area is 133 Å². The van der Waals surface area contributed by atoms with Gasteiger partial charge in [0.2, 0.25) is 0 Å². The first-order valence-electron chi connectivity index (χ1n) is 6.82. The van der Waals surface area contributed by atoms with Crippen LogP contribution in [0.5, 0.6) is 0 Å². The summed E-state index contributed by atoms with van der Waals surface area (Å²) in [6.45, 7) is 5.22. The molecule has 0 bridgehead atoms. The van der Waals surface area contributed by atoms with Gasteiger partial charge in [0.05, 0.1) is 23.8 Å². The van der Waals surface area contributed by atoms with Crippen LogP contribution in [0, 0.1) is 13.8 Å². The van der Waals surface area contributed by atoms with Crippen LogP contribution in [0.25, 0.3) is 0 Å². The van der Waals surface area contributed by atoms with Crippen molar-refractivity contribution in [2.75, 3.05) is 13.7 Å². The highest BCUT2D eigenvalue weighted by atomic mass is 79.9. The smallest absolute Gasteiger partial charge is 0.186 e. The number of ether oxygens (including phenoxy) is 1. The lowest BCUT2D eigenvalue weighted by molar-refractivity contribution is 0.0978. The van der Waals surface area contributed by atoms with Gasteiger partial charge < -0.3 is 4.74 Å². The molecule has 21 heavy (non-hydrogen) atoms. The van der Waals surface area contributed by atoms with Crippen LogP contribution in [-0.2, 0) is 17.7 Å². The third-order valence-electron chi connectivity index (χ3n) is 3.50. The number of aryl methyl sites for hydroxylation is 2. The summed E-state index contributed by atoms with van der Waals surface area (Å²) in [4.78, 5) is 12.5. The van der Waals surface area contributed by atoms with E-state index in [9.17, 15) is 4.79 Å². The number of hydrogen-bond donors (Lipinski definition) is 0. The van der Waals surface area contributed by atoms with Gasteiger partial charge >= 0.3 is 0 Å². The summed E-state index contributed by atoms with van der Waals surface area (Å²) in [6.07, 6.45) is 2.03. The maximum atomic E-state index is 12.5. The molecule has 0 unspecified atom stereocenters. The summed E-state index contributed by atoms with van der Waals surface area (Å²) in [6, 6.07) is 6.12. The fourth-order valence-electron chi connectivity index (χ4n) is 2.17. The molecule has 0 aliphatic carbocycles. The van der Waals surface area contributed by atoms with Crippen LogP contribution in [0.1, 0.15) is 27.2 Å². The highest BCUT2D eigenvalue weighted by Gasteiger charge is 2.17. The summed E-state index contributed by atoms with van der Waals surface area (Å²) >= 11 is 3.40. The summed E-state index contributed by atoms with van der Waals surface area (Å²) in [5.41, 5.74) is 4.06. The zero-order valence-corrected chi connectivity index (χ0v) is 14.1. The number of nitrogens with zero attached hydrogens (tertiary/aromatic N) is 2. The van der Waals surface area contributed by atoms with Crippen LogP contribution in [-0.4, -0.2) is 29.3 Å². The highest BCUT2D eigenvalue weighted by molar-refractivity contribution is 9.10. The van der Waals surface area contributed by atoms with Gasteiger partial charge in [-0.2, -0.15) is 5.10 Å². The Morgan fingerprint density at radius 3 is 2.76 bits per heavy atom. The van der Waals surface area contributed by atoms with Crippen molar-refractivity contribution >= 4 is 21.7 Å². The molecule has 2 aromatic rings. The molecule has 0 atom stereocenters. The lowest BCUT2D eigenvalue weighted by atomic mass is 10.0. The molecular formula is C16H19BrN2O2. The van der Waals surface area contributed by atoms with Gasteiger partial charge in [0.1, 0.15) is 5.69 Å². The average molecular weight is 351 g/mol. The number of ketones is 1. The SMILES string of the molecule is COCCn1ncc(Br)c1C(=O)Cc1ccc(C)c(C)c1. The largest absolute Gasteiger partial charge is 0.383 e. The van der Waals surface area contributed by atoms with Crippen molar-refractivity contribution in [2.45, 2.75) is 26.8 Å². The Morgan fingerprint density at radius 1 is 1.33 bits per heavy atom. The van der Waals surface area contributed by atoms with Crippen LogP contribution >= 0.6 is 15.9 Å². The Balaban J connectivity index is 2.19. The summed E-state index contributed by atoms with van der Waals surface area (Å²) in [5, 5.41) is 4.22. The molecular weight excluding hydrogens is 332 g/mol. The summed E-state index contributed by atoms with van der Waals surface area (Å²) in [5.74, 6) is 0.0544. The number of carbonyl (C=O) groups is 1. The van der Waals surface area contributed by atoms with E-state index in [2.05, 4.69) is 47.0 Å². The molecule has 0 fully saturated rings. The van der Waals surface area contributed by atoms with Gasteiger partial charge in [-0.25, -0.2) is 0 Å². The number of Topliss-reactive ketones (excluding diaryl/α,β-unsaturated/α-hetero) is 1. The molecule has 1 heterocycles. The maximum absolute atomic E-state index is 12.5. The van der Waals surface area contributed by atoms with Gasteiger partial charge in [-0.05, 0) is 46.5 Å². The molecule has 5 heteroatoms. The number of hydrogen-bond acceptors (Lipinski definition) is 3. The number of carbonyl (C=O) groups excluding carboxylic acids is 1. The van der Waals surface area contributed by atoms with E-state index in [0.717, 1.165) is 10.0 Å². The maximum Gasteiger partial charge on any atom is 0.186 e. The van der Waals surface area contributed by atoms with Crippen LogP contribution in [0.3, 0.4) is 0 Å². The number of benzene rings is 1. The molecule has 4 nitrogen and oxygen atoms in total. The molecule has 0 radical (unpaired) electrons. The zero-order valence-electron chi connectivity index (χ0n) is 12.5. The fourth-order valence-corrected chi connectivity index (χ4v) is 2.69. The van der Waals surface area contributed by atoms with Gasteiger partial charge in [0.15, 0.2) is 5.78 Å². The third-order valence-corrected chi connectivity index (χ3v) is 4.08. The van der Waals surface area contributed by atoms with E-state index in [1.165, 1.54) is 11.1 Å². The van der Waals surface area contributed by atoms with Gasteiger partial charge in [0, 0.05) is 13.5 Å². The molecule has 0 amide bonds. The number of halogens is 1. The molecule has 1 aromatic heterocycles. The molecule has 0 aliphatic heterocycles. The lowest BCUT2D eigenvalue weighted by Crippen LogP contribution is -2.15. The van der Waals surface area contributed by atoms with Crippen molar-refractivity contribution in [1.82, 2.24) is 9.78 Å². The van der Waals surface area contributed by atoms with Gasteiger partial charge in [-0.15, -0.1) is 0 Å². The molecule has 0 aliphatic rings. The van der Waals surface area contributed by atoms with E-state index in [4.69, 9.17) is 4.74 Å². The van der Waals surface area contributed by atoms with Crippen molar-refractivity contribution < 1.29 is 9.53 Å².